The molecule has 1 aromatic heterocycles. The summed E-state index contributed by atoms with van der Waals surface area (Å²) in [5, 5.41) is 1.51. The Morgan fingerprint density at radius 1 is 0.941 bits per heavy atom. The van der Waals surface area contributed by atoms with Crippen LogP contribution >= 0.6 is 34.7 Å². The van der Waals surface area contributed by atoms with Crippen molar-refractivity contribution in [2.24, 2.45) is 29.6 Å². The molecular formula is C25H18ClFN2O3S2. The third-order valence-corrected chi connectivity index (χ3v) is 10.9. The summed E-state index contributed by atoms with van der Waals surface area (Å²) in [5.41, 5.74) is 1.51. The Bertz CT molecular complexity index is 1400. The first-order valence-corrected chi connectivity index (χ1v) is 13.3. The molecule has 7 rings (SSSR count). The topological polar surface area (TPSA) is 70.2 Å². The fraction of sp³-hybridized carbons (Fsp3) is 0.320. The van der Waals surface area contributed by atoms with Crippen LogP contribution in [0.15, 0.2) is 58.4 Å². The second-order valence-electron chi connectivity index (χ2n) is 9.50. The fourth-order valence-corrected chi connectivity index (χ4v) is 9.92. The highest BCUT2D eigenvalue weighted by atomic mass is 35.5. The molecule has 4 aliphatic rings. The van der Waals surface area contributed by atoms with Crippen LogP contribution in [0.4, 0.5) is 10.1 Å². The third kappa shape index (κ3) is 2.76. The molecule has 1 N–H and O–H groups in total. The van der Waals surface area contributed by atoms with E-state index in [1.807, 2.05) is 0 Å². The van der Waals surface area contributed by atoms with Crippen LogP contribution in [0.1, 0.15) is 22.8 Å². The number of nitrogens with zero attached hydrogens (tertiary/aromatic N) is 1. The number of H-pyrrole nitrogens is 1. The fourth-order valence-electron chi connectivity index (χ4n) is 6.90. The van der Waals surface area contributed by atoms with Gasteiger partial charge in [0.1, 0.15) is 5.82 Å². The van der Waals surface area contributed by atoms with Gasteiger partial charge in [-0.1, -0.05) is 35.1 Å². The highest BCUT2D eigenvalue weighted by Gasteiger charge is 2.69. The quantitative estimate of drug-likeness (QED) is 0.495. The summed E-state index contributed by atoms with van der Waals surface area (Å²) in [7, 11) is 0. The van der Waals surface area contributed by atoms with Crippen molar-refractivity contribution < 1.29 is 14.0 Å². The Morgan fingerprint density at radius 3 is 2.32 bits per heavy atom. The first-order chi connectivity index (χ1) is 16.4. The van der Waals surface area contributed by atoms with Crippen LogP contribution in [-0.2, 0) is 9.59 Å². The van der Waals surface area contributed by atoms with Crippen molar-refractivity contribution in [3.8, 4) is 0 Å². The number of fused-ring (bicyclic) bond motifs is 9. The van der Waals surface area contributed by atoms with Gasteiger partial charge in [0.05, 0.1) is 22.5 Å². The Balaban J connectivity index is 1.32. The van der Waals surface area contributed by atoms with Crippen LogP contribution in [0.2, 0.25) is 5.02 Å². The van der Waals surface area contributed by atoms with Crippen LogP contribution in [0, 0.1) is 35.4 Å². The van der Waals surface area contributed by atoms with Gasteiger partial charge in [0.2, 0.25) is 11.8 Å². The highest BCUT2D eigenvalue weighted by Crippen LogP contribution is 2.68. The molecule has 2 bridgehead atoms. The zero-order valence-electron chi connectivity index (χ0n) is 17.6. The van der Waals surface area contributed by atoms with Gasteiger partial charge >= 0.3 is 4.87 Å². The van der Waals surface area contributed by atoms with Gasteiger partial charge in [-0.15, -0.1) is 11.8 Å². The normalized spacial score (nSPS) is 33.2. The van der Waals surface area contributed by atoms with Gasteiger partial charge in [-0.2, -0.15) is 0 Å². The van der Waals surface area contributed by atoms with Crippen LogP contribution < -0.4 is 9.77 Å². The average molecular weight is 513 g/mol. The number of aromatic nitrogens is 1. The van der Waals surface area contributed by atoms with E-state index in [9.17, 15) is 18.8 Å². The van der Waals surface area contributed by atoms with Gasteiger partial charge in [-0.25, -0.2) is 4.39 Å². The number of anilines is 1. The first-order valence-electron chi connectivity index (χ1n) is 11.2. The average Bonchev–Trinajstić information content (AvgIpc) is 3.54. The van der Waals surface area contributed by atoms with Gasteiger partial charge in [0, 0.05) is 21.1 Å². The monoisotopic (exact) mass is 512 g/mol. The van der Waals surface area contributed by atoms with Crippen molar-refractivity contribution in [1.29, 1.82) is 0 Å². The van der Waals surface area contributed by atoms with Crippen molar-refractivity contribution in [2.45, 2.75) is 22.6 Å². The van der Waals surface area contributed by atoms with Crippen molar-refractivity contribution in [3.05, 3.63) is 79.5 Å². The number of carbonyl (C=O) groups is 2. The number of amides is 2. The molecule has 3 aromatic rings. The molecule has 2 aliphatic heterocycles. The van der Waals surface area contributed by atoms with E-state index in [4.69, 9.17) is 11.6 Å². The van der Waals surface area contributed by atoms with Crippen LogP contribution in [0.5, 0.6) is 0 Å². The summed E-state index contributed by atoms with van der Waals surface area (Å²) < 4.78 is 13.7. The molecular weight excluding hydrogens is 495 g/mol. The van der Waals surface area contributed by atoms with E-state index < -0.39 is 0 Å². The summed E-state index contributed by atoms with van der Waals surface area (Å²) in [4.78, 5) is 44.6. The maximum atomic E-state index is 13.7. The molecule has 9 heteroatoms. The Hall–Kier alpha value is -2.42. The lowest BCUT2D eigenvalue weighted by molar-refractivity contribution is -0.123. The minimum atomic E-state index is -0.366. The number of halogens is 2. The van der Waals surface area contributed by atoms with Crippen LogP contribution in [0.3, 0.4) is 0 Å². The Morgan fingerprint density at radius 2 is 1.62 bits per heavy atom. The maximum Gasteiger partial charge on any atom is 0.305 e. The standard InChI is InChI=1S/C25H18ClFN2O3S2/c26-11-3-7-13(8-4-11)29-23(30)18-14-9-15(19(18)24(29)31)20-17(14)16(10-1-5-12(27)6-2-10)21-22(33-20)28-25(32)34-21/h1-8,14-20H,9H2,(H,28,32)/t14-,15-,16+,17+,18+,19+,20-/m1/s1. The number of thioether (sulfide) groups is 1. The number of rotatable bonds is 2. The van der Waals surface area contributed by atoms with E-state index in [0.717, 1.165) is 21.9 Å². The minimum absolute atomic E-state index is 0.0293. The molecule has 2 saturated carbocycles. The van der Waals surface area contributed by atoms with Gasteiger partial charge < -0.3 is 4.98 Å². The molecule has 0 unspecified atom stereocenters. The van der Waals surface area contributed by atoms with E-state index in [-0.39, 0.29) is 63.3 Å². The maximum absolute atomic E-state index is 13.7. The number of nitrogens with one attached hydrogen (secondary N) is 1. The summed E-state index contributed by atoms with van der Waals surface area (Å²) in [5.74, 6) is -1.21. The van der Waals surface area contributed by atoms with Crippen LogP contribution in [0.25, 0.3) is 0 Å². The van der Waals surface area contributed by atoms with Gasteiger partial charge in [0.15, 0.2) is 0 Å². The number of thiazole rings is 1. The summed E-state index contributed by atoms with van der Waals surface area (Å²) in [6.45, 7) is 0. The molecule has 3 fully saturated rings. The number of benzene rings is 2. The lowest BCUT2D eigenvalue weighted by Crippen LogP contribution is -2.42. The van der Waals surface area contributed by atoms with Gasteiger partial charge in [0.25, 0.3) is 0 Å². The minimum Gasteiger partial charge on any atom is -0.307 e. The molecule has 7 atom stereocenters. The van der Waals surface area contributed by atoms with Gasteiger partial charge in [-0.3, -0.25) is 19.3 Å². The molecule has 34 heavy (non-hydrogen) atoms. The third-order valence-electron chi connectivity index (χ3n) is 8.04. The number of hydrogen-bond acceptors (Lipinski definition) is 5. The molecule has 2 aliphatic carbocycles. The van der Waals surface area contributed by atoms with E-state index in [1.54, 1.807) is 48.2 Å². The number of aromatic amines is 1. The largest absolute Gasteiger partial charge is 0.307 e. The number of carbonyl (C=O) groups excluding carboxylic acids is 2. The highest BCUT2D eigenvalue weighted by molar-refractivity contribution is 8.00. The van der Waals surface area contributed by atoms with E-state index >= 15 is 0 Å². The lowest BCUT2D eigenvalue weighted by Gasteiger charge is -2.43. The number of imide groups is 1. The Kier molecular flexibility index (Phi) is 4.48. The second kappa shape index (κ2) is 7.29. The van der Waals surface area contributed by atoms with Crippen molar-refractivity contribution in [1.82, 2.24) is 4.98 Å². The van der Waals surface area contributed by atoms with E-state index in [0.29, 0.717) is 10.7 Å². The van der Waals surface area contributed by atoms with E-state index in [1.165, 1.54) is 28.4 Å². The summed E-state index contributed by atoms with van der Waals surface area (Å²) in [6, 6.07) is 13.3. The lowest BCUT2D eigenvalue weighted by atomic mass is 9.68. The van der Waals surface area contributed by atoms with Crippen LogP contribution in [-0.4, -0.2) is 22.0 Å². The smallest absolute Gasteiger partial charge is 0.305 e. The molecule has 3 heterocycles. The molecule has 5 nitrogen and oxygen atoms in total. The first kappa shape index (κ1) is 20.9. The predicted octanol–water partition coefficient (Wildman–Crippen LogP) is 4.91. The zero-order valence-corrected chi connectivity index (χ0v) is 20.0. The van der Waals surface area contributed by atoms with E-state index in [2.05, 4.69) is 4.98 Å². The second-order valence-corrected chi connectivity index (χ2v) is 12.1. The Labute approximate surface area is 207 Å². The molecule has 0 spiro atoms. The predicted molar refractivity (Wildman–Crippen MR) is 129 cm³/mol. The van der Waals surface area contributed by atoms with Gasteiger partial charge in [-0.05, 0) is 66.1 Å². The number of hydrogen-bond donors (Lipinski definition) is 1. The van der Waals surface area contributed by atoms with Crippen molar-refractivity contribution in [2.75, 3.05) is 4.90 Å². The zero-order chi connectivity index (χ0) is 23.3. The van der Waals surface area contributed by atoms with Crippen molar-refractivity contribution >= 4 is 52.2 Å². The molecule has 0 radical (unpaired) electrons. The molecule has 2 amide bonds. The molecule has 1 saturated heterocycles. The molecule has 172 valence electrons. The van der Waals surface area contributed by atoms with Crippen molar-refractivity contribution in [3.63, 3.8) is 0 Å². The molecule has 2 aromatic carbocycles. The SMILES string of the molecule is O=C1[C@H]2[C@H]3C[C@@H]([C@@H]2C(=O)N1c1ccc(Cl)cc1)[C@H]1[C@H](c2ccc(F)cc2)c2sc(=O)[nH]c2S[C@H]31. The summed E-state index contributed by atoms with van der Waals surface area (Å²) in [6.07, 6.45) is 0.820. The summed E-state index contributed by atoms with van der Waals surface area (Å²) >= 11 is 8.86.